The lowest BCUT2D eigenvalue weighted by Gasteiger charge is -2.38. The van der Waals surface area contributed by atoms with Crippen LogP contribution in [0.2, 0.25) is 0 Å². The molecular formula is C39H42N2O4. The summed E-state index contributed by atoms with van der Waals surface area (Å²) in [5, 5.41) is 3.56. The minimum Gasteiger partial charge on any atom is -0.456 e. The summed E-state index contributed by atoms with van der Waals surface area (Å²) in [5.41, 5.74) is 6.97. The molecule has 0 aromatic heterocycles. The highest BCUT2D eigenvalue weighted by atomic mass is 16.6. The summed E-state index contributed by atoms with van der Waals surface area (Å²) in [4.78, 5) is 28.3. The lowest BCUT2D eigenvalue weighted by molar-refractivity contribution is -0.118. The van der Waals surface area contributed by atoms with Crippen LogP contribution in [0.4, 0.5) is 17.1 Å². The molecule has 4 aromatic rings. The van der Waals surface area contributed by atoms with Crippen LogP contribution in [0.1, 0.15) is 91.1 Å². The molecular weight excluding hydrogens is 560 g/mol. The van der Waals surface area contributed by atoms with Gasteiger partial charge in [0.25, 0.3) is 0 Å². The van der Waals surface area contributed by atoms with Crippen molar-refractivity contribution in [1.82, 2.24) is 0 Å². The maximum Gasteiger partial charge on any atom is 0.340 e. The van der Waals surface area contributed by atoms with Gasteiger partial charge in [-0.1, -0.05) is 57.2 Å². The molecule has 0 saturated carbocycles. The first-order chi connectivity index (χ1) is 21.9. The highest BCUT2D eigenvalue weighted by Crippen LogP contribution is 2.58. The number of rotatable bonds is 12. The van der Waals surface area contributed by atoms with E-state index >= 15 is 0 Å². The average Bonchev–Trinajstić information content (AvgIpc) is 3.34. The van der Waals surface area contributed by atoms with Gasteiger partial charge in [-0.2, -0.15) is 0 Å². The Morgan fingerprint density at radius 2 is 1.53 bits per heavy atom. The molecule has 1 spiro atoms. The highest BCUT2D eigenvalue weighted by Gasteiger charge is 2.54. The molecule has 45 heavy (non-hydrogen) atoms. The van der Waals surface area contributed by atoms with Crippen molar-refractivity contribution in [1.29, 1.82) is 0 Å². The molecule has 1 unspecified atom stereocenters. The van der Waals surface area contributed by atoms with Crippen molar-refractivity contribution in [3.05, 3.63) is 112 Å². The number of hydrogen-bond acceptors (Lipinski definition) is 6. The van der Waals surface area contributed by atoms with Gasteiger partial charge in [0.05, 0.1) is 5.56 Å². The van der Waals surface area contributed by atoms with Crippen LogP contribution in [0, 0.1) is 6.92 Å². The number of esters is 1. The molecule has 4 aromatic carbocycles. The van der Waals surface area contributed by atoms with Crippen LogP contribution in [0.3, 0.4) is 0 Å². The van der Waals surface area contributed by atoms with Gasteiger partial charge in [-0.25, -0.2) is 4.79 Å². The summed E-state index contributed by atoms with van der Waals surface area (Å²) >= 11 is 0. The average molecular weight is 603 g/mol. The monoisotopic (exact) mass is 602 g/mol. The molecule has 0 radical (unpaired) electrons. The number of hydrogen-bond donors (Lipinski definition) is 1. The first kappa shape index (κ1) is 30.4. The molecule has 0 saturated heterocycles. The van der Waals surface area contributed by atoms with Crippen molar-refractivity contribution < 1.29 is 19.1 Å². The maximum absolute atomic E-state index is 13.6. The lowest BCUT2D eigenvalue weighted by atomic mass is 9.76. The van der Waals surface area contributed by atoms with E-state index in [1.54, 1.807) is 0 Å². The van der Waals surface area contributed by atoms with Gasteiger partial charge in [0.2, 0.25) is 0 Å². The Balaban J connectivity index is 1.56. The number of para-hydroxylation sites is 1. The van der Waals surface area contributed by atoms with Crippen molar-refractivity contribution in [3.8, 4) is 11.5 Å². The number of fused-ring (bicyclic) bond motifs is 6. The predicted molar refractivity (Wildman–Crippen MR) is 180 cm³/mol. The van der Waals surface area contributed by atoms with Crippen LogP contribution in [0.15, 0.2) is 78.9 Å². The molecule has 2 aliphatic heterocycles. The van der Waals surface area contributed by atoms with Crippen LogP contribution >= 0.6 is 0 Å². The van der Waals surface area contributed by atoms with E-state index in [2.05, 4.69) is 49.2 Å². The Kier molecular flexibility index (Phi) is 8.66. The van der Waals surface area contributed by atoms with Crippen LogP contribution in [0.5, 0.6) is 11.5 Å². The Morgan fingerprint density at radius 3 is 2.27 bits per heavy atom. The molecule has 1 atom stereocenters. The smallest absolute Gasteiger partial charge is 0.340 e. The molecule has 232 valence electrons. The predicted octanol–water partition coefficient (Wildman–Crippen LogP) is 9.23. The molecule has 2 aliphatic rings. The number of aryl methyl sites for hydroxylation is 2. The minimum atomic E-state index is -1.18. The van der Waals surface area contributed by atoms with Gasteiger partial charge in [0.15, 0.2) is 5.60 Å². The number of Topliss-reactive ketones (excluding diaryl/α,β-unsaturated/α-hetero) is 1. The van der Waals surface area contributed by atoms with E-state index in [1.807, 2.05) is 67.6 Å². The van der Waals surface area contributed by atoms with E-state index in [9.17, 15) is 9.59 Å². The van der Waals surface area contributed by atoms with Crippen molar-refractivity contribution in [2.75, 3.05) is 23.3 Å². The molecule has 6 heteroatoms. The summed E-state index contributed by atoms with van der Waals surface area (Å²) in [6, 6.07) is 26.2. The van der Waals surface area contributed by atoms with Crippen molar-refractivity contribution in [3.63, 3.8) is 0 Å². The lowest BCUT2D eigenvalue weighted by Crippen LogP contribution is -2.34. The van der Waals surface area contributed by atoms with Gasteiger partial charge in [0.1, 0.15) is 17.3 Å². The standard InChI is InChI=1S/C39H42N2O4/c1-5-20-41(21-6-2)35-25-37-32(23-27(35)14-13-17-29(42)7-3)39(31-19-12-11-18-30(31)38(43)45-39)33-24-34(26(4)22-36(33)44-37)40-28-15-9-8-10-16-28/h8-12,15-16,18-19,22-25,40H,5-7,13-14,17,20-21H2,1-4H3. The summed E-state index contributed by atoms with van der Waals surface area (Å²) in [5.74, 6) is 1.29. The van der Waals surface area contributed by atoms with Gasteiger partial charge >= 0.3 is 5.97 Å². The van der Waals surface area contributed by atoms with Crippen molar-refractivity contribution in [2.24, 2.45) is 0 Å². The van der Waals surface area contributed by atoms with Crippen LogP contribution in [-0.4, -0.2) is 24.8 Å². The van der Waals surface area contributed by atoms with E-state index < -0.39 is 5.60 Å². The van der Waals surface area contributed by atoms with E-state index in [0.717, 1.165) is 83.7 Å². The first-order valence-corrected chi connectivity index (χ1v) is 16.3. The second-order valence-corrected chi connectivity index (χ2v) is 12.1. The molecule has 6 nitrogen and oxygen atoms in total. The van der Waals surface area contributed by atoms with Crippen molar-refractivity contribution in [2.45, 2.75) is 71.8 Å². The molecule has 2 heterocycles. The van der Waals surface area contributed by atoms with Crippen molar-refractivity contribution >= 4 is 28.8 Å². The number of nitrogens with zero attached hydrogens (tertiary/aromatic N) is 1. The Bertz CT molecular complexity index is 1730. The zero-order valence-electron chi connectivity index (χ0n) is 26.7. The third-order valence-electron chi connectivity index (χ3n) is 8.93. The van der Waals surface area contributed by atoms with Gasteiger partial charge < -0.3 is 19.7 Å². The van der Waals surface area contributed by atoms with Gasteiger partial charge in [-0.15, -0.1) is 0 Å². The van der Waals surface area contributed by atoms with Gasteiger partial charge in [-0.05, 0) is 80.1 Å². The number of anilines is 3. The molecule has 0 fully saturated rings. The third-order valence-corrected chi connectivity index (χ3v) is 8.93. The van der Waals surface area contributed by atoms with E-state index in [-0.39, 0.29) is 11.8 Å². The fourth-order valence-corrected chi connectivity index (χ4v) is 6.75. The molecule has 6 rings (SSSR count). The summed E-state index contributed by atoms with van der Waals surface area (Å²) < 4.78 is 13.3. The Labute approximate surface area is 266 Å². The SMILES string of the molecule is CCCN(CCC)c1cc2c(cc1CCCC(=O)CC)C1(OC(=O)c3ccccc31)c1cc(Nc3ccccc3)c(C)cc1O2. The second kappa shape index (κ2) is 12.8. The number of carbonyl (C=O) groups is 2. The fraction of sp³-hybridized carbons (Fsp3) is 0.333. The van der Waals surface area contributed by atoms with E-state index in [1.165, 1.54) is 0 Å². The third kappa shape index (κ3) is 5.58. The number of carbonyl (C=O) groups excluding carboxylic acids is 2. The number of ketones is 1. The molecule has 1 N–H and O–H groups in total. The van der Waals surface area contributed by atoms with Gasteiger partial charge in [-0.3, -0.25) is 4.79 Å². The summed E-state index contributed by atoms with van der Waals surface area (Å²) in [6.45, 7) is 10.2. The van der Waals surface area contributed by atoms with Crippen LogP contribution in [0.25, 0.3) is 0 Å². The Hall–Kier alpha value is -4.58. The molecule has 0 bridgehead atoms. The minimum absolute atomic E-state index is 0.273. The zero-order chi connectivity index (χ0) is 31.6. The number of benzene rings is 4. The first-order valence-electron chi connectivity index (χ1n) is 16.3. The van der Waals surface area contributed by atoms with E-state index in [0.29, 0.717) is 29.9 Å². The zero-order valence-corrected chi connectivity index (χ0v) is 26.7. The van der Waals surface area contributed by atoms with E-state index in [4.69, 9.17) is 9.47 Å². The Morgan fingerprint density at radius 1 is 0.844 bits per heavy atom. The van der Waals surface area contributed by atoms with Crippen LogP contribution < -0.4 is 15.0 Å². The quantitative estimate of drug-likeness (QED) is 0.163. The number of nitrogens with one attached hydrogen (secondary N) is 1. The molecule has 0 aliphatic carbocycles. The fourth-order valence-electron chi connectivity index (χ4n) is 6.75. The normalized spacial score (nSPS) is 16.0. The summed E-state index contributed by atoms with van der Waals surface area (Å²) in [6.07, 6.45) is 4.62. The molecule has 0 amide bonds. The second-order valence-electron chi connectivity index (χ2n) is 12.1. The highest BCUT2D eigenvalue weighted by molar-refractivity contribution is 5.97. The largest absolute Gasteiger partial charge is 0.456 e. The number of ether oxygens (including phenoxy) is 2. The maximum atomic E-state index is 13.6. The topological polar surface area (TPSA) is 67.9 Å². The van der Waals surface area contributed by atoms with Gasteiger partial charge in [0, 0.05) is 65.8 Å². The van der Waals surface area contributed by atoms with Crippen LogP contribution in [-0.2, 0) is 21.6 Å². The summed E-state index contributed by atoms with van der Waals surface area (Å²) in [7, 11) is 0.